The highest BCUT2D eigenvalue weighted by Crippen LogP contribution is 2.11. The first kappa shape index (κ1) is 18.1. The summed E-state index contributed by atoms with van der Waals surface area (Å²) in [6.45, 7) is 10.3. The van der Waals surface area contributed by atoms with Crippen LogP contribution >= 0.6 is 0 Å². The Hall–Kier alpha value is -1.31. The van der Waals surface area contributed by atoms with Gasteiger partial charge in [-0.2, -0.15) is 0 Å². The summed E-state index contributed by atoms with van der Waals surface area (Å²) in [6.07, 6.45) is 3.01. The van der Waals surface area contributed by atoms with E-state index >= 15 is 0 Å². The van der Waals surface area contributed by atoms with Crippen molar-refractivity contribution in [3.05, 3.63) is 29.8 Å². The third kappa shape index (κ3) is 9.61. The summed E-state index contributed by atoms with van der Waals surface area (Å²) in [5.74, 6) is 0.100. The zero-order chi connectivity index (χ0) is 13.7. The van der Waals surface area contributed by atoms with Crippen LogP contribution in [0.25, 0.3) is 0 Å². The highest BCUT2D eigenvalue weighted by molar-refractivity contribution is 6.00. The number of nitrogens with two attached hydrogens (primary N) is 1. The monoisotopic (exact) mass is 237 g/mol. The molecule has 0 aromatic heterocycles. The van der Waals surface area contributed by atoms with Gasteiger partial charge >= 0.3 is 0 Å². The lowest BCUT2D eigenvalue weighted by Crippen LogP contribution is -2.01. The standard InChI is InChI=1S/C9H11NO.2C3H8/c1-2-9(11)7-5-3-4-6-8(7)10;2*1-3-2/h3-6H,2,10H2,1H3;2*3H2,1-2H3. The molecule has 0 bridgehead atoms. The Morgan fingerprint density at radius 2 is 1.41 bits per heavy atom. The van der Waals surface area contributed by atoms with Gasteiger partial charge in [-0.15, -0.1) is 0 Å². The number of carbonyl (C=O) groups excluding carboxylic acids is 1. The normalized spacial score (nSPS) is 8.29. The number of carbonyl (C=O) groups is 1. The van der Waals surface area contributed by atoms with Crippen LogP contribution in [0, 0.1) is 0 Å². The zero-order valence-corrected chi connectivity index (χ0v) is 11.9. The Kier molecular flexibility index (Phi) is 13.6. The van der Waals surface area contributed by atoms with Gasteiger partial charge in [-0.25, -0.2) is 0 Å². The van der Waals surface area contributed by atoms with E-state index in [0.29, 0.717) is 17.7 Å². The topological polar surface area (TPSA) is 43.1 Å². The number of rotatable bonds is 2. The van der Waals surface area contributed by atoms with Crippen molar-refractivity contribution >= 4 is 11.5 Å². The first-order chi connectivity index (χ1) is 8.08. The third-order valence-electron chi connectivity index (χ3n) is 1.58. The third-order valence-corrected chi connectivity index (χ3v) is 1.58. The lowest BCUT2D eigenvalue weighted by atomic mass is 10.1. The van der Waals surface area contributed by atoms with E-state index in [1.807, 2.05) is 19.1 Å². The molecule has 0 atom stereocenters. The van der Waals surface area contributed by atoms with Gasteiger partial charge in [-0.1, -0.05) is 59.6 Å². The fourth-order valence-electron chi connectivity index (χ4n) is 0.941. The quantitative estimate of drug-likeness (QED) is 0.598. The van der Waals surface area contributed by atoms with Crippen molar-refractivity contribution < 1.29 is 4.79 Å². The Balaban J connectivity index is 0. The Labute approximate surface area is 106 Å². The molecule has 98 valence electrons. The first-order valence-corrected chi connectivity index (χ1v) is 6.46. The molecule has 1 aromatic rings. The summed E-state index contributed by atoms with van der Waals surface area (Å²) < 4.78 is 0. The number of hydrogen-bond acceptors (Lipinski definition) is 2. The summed E-state index contributed by atoms with van der Waals surface area (Å²) in [5.41, 5.74) is 6.78. The minimum Gasteiger partial charge on any atom is -0.398 e. The summed E-state index contributed by atoms with van der Waals surface area (Å²) in [5, 5.41) is 0. The van der Waals surface area contributed by atoms with E-state index < -0.39 is 0 Å². The van der Waals surface area contributed by atoms with E-state index in [9.17, 15) is 4.79 Å². The van der Waals surface area contributed by atoms with Gasteiger partial charge in [0.25, 0.3) is 0 Å². The van der Waals surface area contributed by atoms with Crippen molar-refractivity contribution in [3.8, 4) is 0 Å². The Morgan fingerprint density at radius 3 is 1.76 bits per heavy atom. The van der Waals surface area contributed by atoms with E-state index in [1.165, 1.54) is 12.8 Å². The molecule has 0 aliphatic carbocycles. The molecule has 0 saturated heterocycles. The fraction of sp³-hybridized carbons (Fsp3) is 0.533. The Morgan fingerprint density at radius 1 is 1.00 bits per heavy atom. The van der Waals surface area contributed by atoms with Crippen LogP contribution in [-0.4, -0.2) is 5.78 Å². The predicted octanol–water partition coefficient (Wildman–Crippen LogP) is 4.69. The molecule has 0 fully saturated rings. The number of benzene rings is 1. The summed E-state index contributed by atoms with van der Waals surface area (Å²) >= 11 is 0. The average molecular weight is 237 g/mol. The van der Waals surface area contributed by atoms with E-state index in [2.05, 4.69) is 27.7 Å². The molecular weight excluding hydrogens is 210 g/mol. The average Bonchev–Trinajstić information content (AvgIpc) is 2.31. The molecular formula is C15H27NO. The maximum Gasteiger partial charge on any atom is 0.164 e. The van der Waals surface area contributed by atoms with Crippen molar-refractivity contribution in [2.24, 2.45) is 0 Å². The molecule has 0 spiro atoms. The number of hydrogen-bond donors (Lipinski definition) is 1. The number of anilines is 1. The van der Waals surface area contributed by atoms with Crippen LogP contribution in [0.15, 0.2) is 24.3 Å². The smallest absolute Gasteiger partial charge is 0.164 e. The van der Waals surface area contributed by atoms with E-state index in [1.54, 1.807) is 12.1 Å². The van der Waals surface area contributed by atoms with Gasteiger partial charge in [-0.05, 0) is 12.1 Å². The molecule has 2 nitrogen and oxygen atoms in total. The molecule has 0 saturated carbocycles. The van der Waals surface area contributed by atoms with Crippen LogP contribution in [0.3, 0.4) is 0 Å². The van der Waals surface area contributed by atoms with Gasteiger partial charge < -0.3 is 5.73 Å². The highest BCUT2D eigenvalue weighted by Gasteiger charge is 2.04. The van der Waals surface area contributed by atoms with Gasteiger partial charge in [-0.3, -0.25) is 4.79 Å². The van der Waals surface area contributed by atoms with Gasteiger partial charge in [0.05, 0.1) is 0 Å². The van der Waals surface area contributed by atoms with Crippen molar-refractivity contribution in [1.29, 1.82) is 0 Å². The van der Waals surface area contributed by atoms with E-state index in [-0.39, 0.29) is 5.78 Å². The van der Waals surface area contributed by atoms with Crippen molar-refractivity contribution in [1.82, 2.24) is 0 Å². The minimum atomic E-state index is 0.100. The summed E-state index contributed by atoms with van der Waals surface area (Å²) in [7, 11) is 0. The molecule has 2 heteroatoms. The Bertz CT molecular complexity index is 293. The lowest BCUT2D eigenvalue weighted by molar-refractivity contribution is 0.0989. The predicted molar refractivity (Wildman–Crippen MR) is 77.4 cm³/mol. The fourth-order valence-corrected chi connectivity index (χ4v) is 0.941. The number of para-hydroxylation sites is 1. The largest absolute Gasteiger partial charge is 0.398 e. The molecule has 2 N–H and O–H groups in total. The number of ketones is 1. The van der Waals surface area contributed by atoms with Crippen LogP contribution in [0.5, 0.6) is 0 Å². The molecule has 1 aromatic carbocycles. The van der Waals surface area contributed by atoms with E-state index in [0.717, 1.165) is 0 Å². The second kappa shape index (κ2) is 12.8. The van der Waals surface area contributed by atoms with Gasteiger partial charge in [0.15, 0.2) is 5.78 Å². The molecule has 17 heavy (non-hydrogen) atoms. The van der Waals surface area contributed by atoms with Crippen molar-refractivity contribution in [2.45, 2.75) is 53.9 Å². The van der Waals surface area contributed by atoms with Crippen LogP contribution < -0.4 is 5.73 Å². The molecule has 0 radical (unpaired) electrons. The first-order valence-electron chi connectivity index (χ1n) is 6.46. The maximum absolute atomic E-state index is 11.2. The summed E-state index contributed by atoms with van der Waals surface area (Å²) in [4.78, 5) is 11.2. The zero-order valence-electron chi connectivity index (χ0n) is 11.9. The van der Waals surface area contributed by atoms with Crippen LogP contribution in [0.4, 0.5) is 5.69 Å². The van der Waals surface area contributed by atoms with Crippen molar-refractivity contribution in [3.63, 3.8) is 0 Å². The molecule has 0 amide bonds. The van der Waals surface area contributed by atoms with Crippen LogP contribution in [-0.2, 0) is 0 Å². The molecule has 0 aliphatic heterocycles. The van der Waals surface area contributed by atoms with Gasteiger partial charge in [0, 0.05) is 17.7 Å². The number of nitrogen functional groups attached to an aromatic ring is 1. The highest BCUT2D eigenvalue weighted by atomic mass is 16.1. The lowest BCUT2D eigenvalue weighted by Gasteiger charge is -2.00. The van der Waals surface area contributed by atoms with E-state index in [4.69, 9.17) is 5.73 Å². The molecule has 0 unspecified atom stereocenters. The SMILES string of the molecule is CCC.CCC.CCC(=O)c1ccccc1N. The van der Waals surface area contributed by atoms with Crippen LogP contribution in [0.2, 0.25) is 0 Å². The van der Waals surface area contributed by atoms with Gasteiger partial charge in [0.1, 0.15) is 0 Å². The molecule has 0 aliphatic rings. The van der Waals surface area contributed by atoms with Gasteiger partial charge in [0.2, 0.25) is 0 Å². The van der Waals surface area contributed by atoms with Crippen molar-refractivity contribution in [2.75, 3.05) is 5.73 Å². The molecule has 1 rings (SSSR count). The number of Topliss-reactive ketones (excluding diaryl/α,β-unsaturated/α-hetero) is 1. The minimum absolute atomic E-state index is 0.100. The summed E-state index contributed by atoms with van der Waals surface area (Å²) in [6, 6.07) is 7.13. The second-order valence-electron chi connectivity index (χ2n) is 3.78. The maximum atomic E-state index is 11.2. The molecule has 0 heterocycles. The van der Waals surface area contributed by atoms with Crippen LogP contribution in [0.1, 0.15) is 64.2 Å². The second-order valence-corrected chi connectivity index (χ2v) is 3.78.